The van der Waals surface area contributed by atoms with Crippen LogP contribution in [0.25, 0.3) is 10.9 Å². The van der Waals surface area contributed by atoms with Gasteiger partial charge in [0, 0.05) is 28.9 Å². The minimum absolute atomic E-state index is 0.138. The van der Waals surface area contributed by atoms with Crippen molar-refractivity contribution in [2.45, 2.75) is 39.8 Å². The predicted molar refractivity (Wildman–Crippen MR) is 120 cm³/mol. The highest BCUT2D eigenvalue weighted by Crippen LogP contribution is 2.44. The zero-order valence-electron chi connectivity index (χ0n) is 17.7. The lowest BCUT2D eigenvalue weighted by Gasteiger charge is -2.41. The summed E-state index contributed by atoms with van der Waals surface area (Å²) in [7, 11) is 0. The fourth-order valence-corrected chi connectivity index (χ4v) is 4.39. The van der Waals surface area contributed by atoms with Gasteiger partial charge in [-0.25, -0.2) is 4.98 Å². The topological polar surface area (TPSA) is 69.0 Å². The Morgan fingerprint density at radius 3 is 2.93 bits per heavy atom. The van der Waals surface area contributed by atoms with Gasteiger partial charge in [0.25, 0.3) is 0 Å². The first kappa shape index (κ1) is 19.9. The number of fused-ring (bicyclic) bond motifs is 2. The zero-order chi connectivity index (χ0) is 21.5. The van der Waals surface area contributed by atoms with Crippen LogP contribution in [-0.4, -0.2) is 23.5 Å². The van der Waals surface area contributed by atoms with Gasteiger partial charge in [-0.3, -0.25) is 4.79 Å². The monoisotopic (exact) mass is 398 g/mol. The number of nitriles is 1. The van der Waals surface area contributed by atoms with E-state index in [-0.39, 0.29) is 11.9 Å². The number of nitrogens with one attached hydrogen (secondary N) is 1. The molecule has 2 aliphatic rings. The third-order valence-electron chi connectivity index (χ3n) is 6.40. The summed E-state index contributed by atoms with van der Waals surface area (Å²) in [5.74, 6) is 0.178. The summed E-state index contributed by atoms with van der Waals surface area (Å²) in [6.45, 7) is 10.9. The minimum Gasteiger partial charge on any atom is -0.364 e. The molecule has 0 saturated carbocycles. The molecule has 4 rings (SSSR count). The first-order valence-corrected chi connectivity index (χ1v) is 10.3. The van der Waals surface area contributed by atoms with Crippen LogP contribution in [0.3, 0.4) is 0 Å². The van der Waals surface area contributed by atoms with Gasteiger partial charge in [-0.1, -0.05) is 25.2 Å². The summed E-state index contributed by atoms with van der Waals surface area (Å²) in [4.78, 5) is 20.2. The van der Waals surface area contributed by atoms with E-state index in [2.05, 4.69) is 54.7 Å². The molecule has 0 spiro atoms. The molecule has 1 N–H and O–H groups in total. The Kier molecular flexibility index (Phi) is 4.95. The fourth-order valence-electron chi connectivity index (χ4n) is 4.39. The van der Waals surface area contributed by atoms with E-state index in [9.17, 15) is 4.79 Å². The summed E-state index contributed by atoms with van der Waals surface area (Å²) < 4.78 is 0. The van der Waals surface area contributed by atoms with Crippen molar-refractivity contribution >= 4 is 22.4 Å². The Morgan fingerprint density at radius 2 is 2.23 bits per heavy atom. The third-order valence-corrected chi connectivity index (χ3v) is 6.40. The van der Waals surface area contributed by atoms with Crippen LogP contribution in [0.15, 0.2) is 65.9 Å². The molecule has 5 heteroatoms. The Morgan fingerprint density at radius 1 is 1.43 bits per heavy atom. The maximum atomic E-state index is 13.6. The molecule has 30 heavy (non-hydrogen) atoms. The number of carbonyl (C=O) groups is 1. The first-order valence-electron chi connectivity index (χ1n) is 10.3. The van der Waals surface area contributed by atoms with Crippen molar-refractivity contribution in [3.05, 3.63) is 71.6 Å². The van der Waals surface area contributed by atoms with Gasteiger partial charge in [-0.2, -0.15) is 5.26 Å². The summed E-state index contributed by atoms with van der Waals surface area (Å²) in [5, 5.41) is 13.6. The smallest absolute Gasteiger partial charge is 0.174 e. The van der Waals surface area contributed by atoms with Gasteiger partial charge >= 0.3 is 0 Å². The summed E-state index contributed by atoms with van der Waals surface area (Å²) in [6, 6.07) is 11.8. The van der Waals surface area contributed by atoms with Gasteiger partial charge in [0.15, 0.2) is 5.78 Å². The van der Waals surface area contributed by atoms with Gasteiger partial charge in [0.2, 0.25) is 0 Å². The number of rotatable bonds is 4. The zero-order valence-corrected chi connectivity index (χ0v) is 17.7. The average Bonchev–Trinajstić information content (AvgIpc) is 3.12. The predicted octanol–water partition coefficient (Wildman–Crippen LogP) is 4.62. The minimum atomic E-state index is -0.510. The van der Waals surface area contributed by atoms with E-state index in [0.29, 0.717) is 5.69 Å². The largest absolute Gasteiger partial charge is 0.364 e. The Balaban J connectivity index is 1.74. The van der Waals surface area contributed by atoms with Crippen LogP contribution in [-0.2, 0) is 4.79 Å². The van der Waals surface area contributed by atoms with Gasteiger partial charge < -0.3 is 10.2 Å². The van der Waals surface area contributed by atoms with Crippen LogP contribution < -0.4 is 10.2 Å². The number of pyridine rings is 1. The van der Waals surface area contributed by atoms with E-state index in [0.717, 1.165) is 47.2 Å². The van der Waals surface area contributed by atoms with Crippen LogP contribution in [0.1, 0.15) is 39.3 Å². The highest BCUT2D eigenvalue weighted by atomic mass is 16.1. The molecule has 3 heterocycles. The summed E-state index contributed by atoms with van der Waals surface area (Å²) in [6.07, 6.45) is 5.30. The van der Waals surface area contributed by atoms with E-state index in [1.165, 1.54) is 5.57 Å². The van der Waals surface area contributed by atoms with E-state index < -0.39 is 5.41 Å². The van der Waals surface area contributed by atoms with Gasteiger partial charge in [-0.15, -0.1) is 0 Å². The molecule has 5 nitrogen and oxygen atoms in total. The number of Topliss-reactive ketones (excluding diaryl/α,β-unsaturated/α-hetero) is 1. The van der Waals surface area contributed by atoms with Gasteiger partial charge in [0.05, 0.1) is 10.9 Å². The molecule has 152 valence electrons. The van der Waals surface area contributed by atoms with Crippen molar-refractivity contribution in [2.24, 2.45) is 5.41 Å². The van der Waals surface area contributed by atoms with Gasteiger partial charge in [0.1, 0.15) is 17.9 Å². The molecule has 2 aliphatic heterocycles. The molecule has 0 bridgehead atoms. The molecule has 0 radical (unpaired) electrons. The quantitative estimate of drug-likeness (QED) is 0.814. The van der Waals surface area contributed by atoms with E-state index in [1.807, 2.05) is 24.3 Å². The van der Waals surface area contributed by atoms with Crippen LogP contribution >= 0.6 is 0 Å². The molecule has 1 aromatic heterocycles. The van der Waals surface area contributed by atoms with Crippen molar-refractivity contribution in [2.75, 3.05) is 11.4 Å². The van der Waals surface area contributed by atoms with Crippen molar-refractivity contribution < 1.29 is 4.79 Å². The molecule has 0 amide bonds. The lowest BCUT2D eigenvalue weighted by molar-refractivity contribution is -0.125. The van der Waals surface area contributed by atoms with Crippen LogP contribution in [0, 0.1) is 16.7 Å². The van der Waals surface area contributed by atoms with E-state index in [1.54, 1.807) is 12.1 Å². The lowest BCUT2D eigenvalue weighted by Crippen LogP contribution is -2.55. The molecule has 1 aromatic carbocycles. The fraction of sp³-hybridized carbons (Fsp3) is 0.320. The van der Waals surface area contributed by atoms with Crippen molar-refractivity contribution in [1.82, 2.24) is 10.3 Å². The number of aromatic nitrogens is 1. The first-order chi connectivity index (χ1) is 14.4. The Labute approximate surface area is 177 Å². The van der Waals surface area contributed by atoms with E-state index >= 15 is 0 Å². The van der Waals surface area contributed by atoms with Crippen molar-refractivity contribution in [3.8, 4) is 6.07 Å². The second-order valence-electron chi connectivity index (χ2n) is 8.30. The summed E-state index contributed by atoms with van der Waals surface area (Å²) >= 11 is 0. The molecule has 2 atom stereocenters. The van der Waals surface area contributed by atoms with Gasteiger partial charge in [-0.05, 0) is 63.1 Å². The van der Waals surface area contributed by atoms with Crippen LogP contribution in [0.4, 0.5) is 5.69 Å². The lowest BCUT2D eigenvalue weighted by atomic mass is 9.75. The number of hydrogen-bond acceptors (Lipinski definition) is 5. The number of allylic oxidation sites excluding steroid dienone is 4. The third kappa shape index (κ3) is 3.09. The number of ketones is 1. The van der Waals surface area contributed by atoms with Crippen molar-refractivity contribution in [1.29, 1.82) is 5.26 Å². The van der Waals surface area contributed by atoms with E-state index in [4.69, 9.17) is 5.26 Å². The number of nitrogens with zero attached hydrogens (tertiary/aromatic N) is 3. The van der Waals surface area contributed by atoms with Crippen LogP contribution in [0.2, 0.25) is 0 Å². The number of anilines is 1. The maximum Gasteiger partial charge on any atom is 0.174 e. The highest BCUT2D eigenvalue weighted by Gasteiger charge is 2.52. The molecule has 1 fully saturated rings. The molecule has 2 aromatic rings. The number of benzene rings is 1. The molecule has 1 unspecified atom stereocenters. The van der Waals surface area contributed by atoms with Crippen molar-refractivity contribution in [3.63, 3.8) is 0 Å². The molecule has 1 saturated heterocycles. The second kappa shape index (κ2) is 7.46. The molecular formula is C25H26N4O. The molecular weight excluding hydrogens is 372 g/mol. The Hall–Kier alpha value is -3.39. The standard InChI is InChI=1S/C25H26N4O/c1-5-16(3)13-20-21(6-2)28-24-25(4,23(20)30)11-12-29(24)19-9-10-22-17(14-19)7-8-18(15-26)27-22/h6-10,13-14,24,28H,2,5,11-12H2,1,3-4H3/b16-13-/t24?,25-/m0/s1. The maximum absolute atomic E-state index is 13.6. The second-order valence-corrected chi connectivity index (χ2v) is 8.30. The number of hydrogen-bond donors (Lipinski definition) is 1. The van der Waals surface area contributed by atoms with Crippen LogP contribution in [0.5, 0.6) is 0 Å². The normalized spacial score (nSPS) is 23.9. The molecule has 0 aliphatic carbocycles. The Bertz CT molecular complexity index is 1150. The highest BCUT2D eigenvalue weighted by molar-refractivity contribution is 6.05. The number of carbonyl (C=O) groups excluding carboxylic acids is 1. The average molecular weight is 399 g/mol. The SMILES string of the molecule is C=CC1=C(/C=C(/C)CC)C(=O)[C@]2(C)CCN(c3ccc4nc(C#N)ccc4c3)C2N1. The summed E-state index contributed by atoms with van der Waals surface area (Å²) in [5.41, 5.74) is 4.43.